The summed E-state index contributed by atoms with van der Waals surface area (Å²) in [4.78, 5) is 0. The van der Waals surface area contributed by atoms with Crippen LogP contribution in [0.15, 0.2) is 0 Å². The average Bonchev–Trinajstić information content (AvgIpc) is 1.97. The Balaban J connectivity index is 3.25. The molecule has 0 aromatic rings. The normalized spacial score (nSPS) is 13.3. The smallest absolute Gasteiger partial charge is 0.0905 e. The first-order valence-electron chi connectivity index (χ1n) is 4.48. The Morgan fingerprint density at radius 3 is 2.42 bits per heavy atom. The molecule has 0 aromatic carbocycles. The molecule has 0 bridgehead atoms. The van der Waals surface area contributed by atoms with Crippen LogP contribution >= 0.6 is 11.8 Å². The SMILES string of the molecule is CC(C)C(C)SCCCC(=N)N. The van der Waals surface area contributed by atoms with E-state index in [0.717, 1.165) is 29.8 Å². The predicted molar refractivity (Wildman–Crippen MR) is 57.9 cm³/mol. The summed E-state index contributed by atoms with van der Waals surface area (Å²) in [7, 11) is 0. The molecule has 0 amide bonds. The van der Waals surface area contributed by atoms with Crippen molar-refractivity contribution in [1.29, 1.82) is 5.41 Å². The minimum absolute atomic E-state index is 0.313. The average molecular weight is 188 g/mol. The topological polar surface area (TPSA) is 49.9 Å². The van der Waals surface area contributed by atoms with Gasteiger partial charge in [-0.15, -0.1) is 0 Å². The molecule has 0 aliphatic rings. The Hall–Kier alpha value is -0.180. The van der Waals surface area contributed by atoms with Crippen molar-refractivity contribution in [2.24, 2.45) is 11.7 Å². The number of rotatable bonds is 6. The molecule has 1 atom stereocenters. The predicted octanol–water partition coefficient (Wildman–Crippen LogP) is 2.48. The molecule has 0 rings (SSSR count). The van der Waals surface area contributed by atoms with Crippen LogP contribution in [-0.4, -0.2) is 16.8 Å². The van der Waals surface area contributed by atoms with Gasteiger partial charge in [0.15, 0.2) is 0 Å². The van der Waals surface area contributed by atoms with Gasteiger partial charge < -0.3 is 5.73 Å². The van der Waals surface area contributed by atoms with Crippen LogP contribution in [0.25, 0.3) is 0 Å². The van der Waals surface area contributed by atoms with E-state index < -0.39 is 0 Å². The number of nitrogens with one attached hydrogen (secondary N) is 1. The van der Waals surface area contributed by atoms with Gasteiger partial charge in [0.2, 0.25) is 0 Å². The Kier molecular flexibility index (Phi) is 6.25. The van der Waals surface area contributed by atoms with Gasteiger partial charge in [-0.3, -0.25) is 5.41 Å². The molecule has 1 unspecified atom stereocenters. The van der Waals surface area contributed by atoms with E-state index >= 15 is 0 Å². The van der Waals surface area contributed by atoms with E-state index in [2.05, 4.69) is 20.8 Å². The summed E-state index contributed by atoms with van der Waals surface area (Å²) < 4.78 is 0. The van der Waals surface area contributed by atoms with Gasteiger partial charge in [0.05, 0.1) is 5.84 Å². The molecular weight excluding hydrogens is 168 g/mol. The molecule has 0 aliphatic heterocycles. The van der Waals surface area contributed by atoms with Crippen molar-refractivity contribution in [3.63, 3.8) is 0 Å². The first kappa shape index (κ1) is 11.8. The van der Waals surface area contributed by atoms with Gasteiger partial charge >= 0.3 is 0 Å². The molecule has 0 aromatic heterocycles. The van der Waals surface area contributed by atoms with Gasteiger partial charge in [0, 0.05) is 11.7 Å². The van der Waals surface area contributed by atoms with Crippen molar-refractivity contribution in [2.75, 3.05) is 5.75 Å². The first-order chi connectivity index (χ1) is 5.54. The quantitative estimate of drug-likeness (QED) is 0.382. The summed E-state index contributed by atoms with van der Waals surface area (Å²) in [5.74, 6) is 2.18. The number of thioether (sulfide) groups is 1. The van der Waals surface area contributed by atoms with Crippen LogP contribution in [0.1, 0.15) is 33.6 Å². The molecule has 3 heteroatoms. The van der Waals surface area contributed by atoms with Crippen molar-refractivity contribution >= 4 is 17.6 Å². The molecule has 3 N–H and O–H groups in total. The Labute approximate surface area is 79.8 Å². The molecule has 0 saturated heterocycles. The van der Waals surface area contributed by atoms with Crippen molar-refractivity contribution in [3.8, 4) is 0 Å². The van der Waals surface area contributed by atoms with Crippen molar-refractivity contribution in [1.82, 2.24) is 0 Å². The van der Waals surface area contributed by atoms with Crippen LogP contribution < -0.4 is 5.73 Å². The summed E-state index contributed by atoms with van der Waals surface area (Å²) in [6, 6.07) is 0. The lowest BCUT2D eigenvalue weighted by Crippen LogP contribution is -2.10. The molecule has 72 valence electrons. The zero-order chi connectivity index (χ0) is 9.56. The van der Waals surface area contributed by atoms with Crippen LogP contribution in [0, 0.1) is 11.3 Å². The summed E-state index contributed by atoms with van der Waals surface area (Å²) in [6.45, 7) is 6.73. The third kappa shape index (κ3) is 6.53. The van der Waals surface area contributed by atoms with Crippen LogP contribution in [0.4, 0.5) is 0 Å². The second-order valence-corrected chi connectivity index (χ2v) is 4.93. The molecule has 0 spiro atoms. The second-order valence-electron chi connectivity index (χ2n) is 3.45. The van der Waals surface area contributed by atoms with Gasteiger partial charge in [-0.05, 0) is 18.1 Å². The van der Waals surface area contributed by atoms with Crippen molar-refractivity contribution < 1.29 is 0 Å². The number of hydrogen-bond acceptors (Lipinski definition) is 2. The van der Waals surface area contributed by atoms with E-state index in [1.165, 1.54) is 0 Å². The van der Waals surface area contributed by atoms with Gasteiger partial charge in [-0.25, -0.2) is 0 Å². The van der Waals surface area contributed by atoms with Gasteiger partial charge in [0.25, 0.3) is 0 Å². The first-order valence-corrected chi connectivity index (χ1v) is 5.53. The standard InChI is InChI=1S/C9H20N2S/c1-7(2)8(3)12-6-4-5-9(10)11/h7-8H,4-6H2,1-3H3,(H3,10,11). The van der Waals surface area contributed by atoms with Gasteiger partial charge in [0.1, 0.15) is 0 Å². The maximum atomic E-state index is 7.03. The highest BCUT2D eigenvalue weighted by Gasteiger charge is 2.06. The molecule has 0 aliphatic carbocycles. The van der Waals surface area contributed by atoms with E-state index in [0.29, 0.717) is 5.84 Å². The Morgan fingerprint density at radius 1 is 1.42 bits per heavy atom. The lowest BCUT2D eigenvalue weighted by Gasteiger charge is -2.14. The van der Waals surface area contributed by atoms with E-state index in [4.69, 9.17) is 11.1 Å². The summed E-state index contributed by atoms with van der Waals surface area (Å²) in [5.41, 5.74) is 5.24. The maximum Gasteiger partial charge on any atom is 0.0905 e. The maximum absolute atomic E-state index is 7.03. The van der Waals surface area contributed by atoms with E-state index in [9.17, 15) is 0 Å². The minimum Gasteiger partial charge on any atom is -0.388 e. The van der Waals surface area contributed by atoms with E-state index in [1.54, 1.807) is 0 Å². The Morgan fingerprint density at radius 2 is 2.00 bits per heavy atom. The van der Waals surface area contributed by atoms with Gasteiger partial charge in [-0.2, -0.15) is 11.8 Å². The number of amidine groups is 1. The zero-order valence-electron chi connectivity index (χ0n) is 8.26. The fourth-order valence-corrected chi connectivity index (χ4v) is 1.79. The summed E-state index contributed by atoms with van der Waals surface area (Å²) >= 11 is 1.97. The van der Waals surface area contributed by atoms with E-state index in [1.807, 2.05) is 11.8 Å². The molecular formula is C9H20N2S. The van der Waals surface area contributed by atoms with E-state index in [-0.39, 0.29) is 0 Å². The molecule has 0 radical (unpaired) electrons. The molecule has 2 nitrogen and oxygen atoms in total. The monoisotopic (exact) mass is 188 g/mol. The lowest BCUT2D eigenvalue weighted by atomic mass is 10.2. The third-order valence-corrected chi connectivity index (χ3v) is 3.50. The molecule has 0 heterocycles. The fraction of sp³-hybridized carbons (Fsp3) is 0.889. The van der Waals surface area contributed by atoms with Crippen molar-refractivity contribution in [2.45, 2.75) is 38.9 Å². The van der Waals surface area contributed by atoms with Gasteiger partial charge in [-0.1, -0.05) is 20.8 Å². The van der Waals surface area contributed by atoms with Crippen LogP contribution in [0.3, 0.4) is 0 Å². The molecule has 0 saturated carbocycles. The molecule has 0 fully saturated rings. The Bertz CT molecular complexity index is 134. The second kappa shape index (κ2) is 6.35. The molecule has 12 heavy (non-hydrogen) atoms. The van der Waals surface area contributed by atoms with Crippen LogP contribution in [-0.2, 0) is 0 Å². The highest BCUT2D eigenvalue weighted by atomic mass is 32.2. The van der Waals surface area contributed by atoms with Crippen LogP contribution in [0.2, 0.25) is 0 Å². The van der Waals surface area contributed by atoms with Crippen molar-refractivity contribution in [3.05, 3.63) is 0 Å². The third-order valence-electron chi connectivity index (χ3n) is 1.91. The lowest BCUT2D eigenvalue weighted by molar-refractivity contribution is 0.642. The summed E-state index contributed by atoms with van der Waals surface area (Å²) in [5, 5.41) is 7.75. The summed E-state index contributed by atoms with van der Waals surface area (Å²) in [6.07, 6.45) is 1.79. The largest absolute Gasteiger partial charge is 0.388 e. The number of hydrogen-bond donors (Lipinski definition) is 2. The highest BCUT2D eigenvalue weighted by Crippen LogP contribution is 2.19. The zero-order valence-corrected chi connectivity index (χ0v) is 9.08. The number of nitrogens with two attached hydrogens (primary N) is 1. The fourth-order valence-electron chi connectivity index (χ4n) is 0.724. The minimum atomic E-state index is 0.313. The highest BCUT2D eigenvalue weighted by molar-refractivity contribution is 7.99. The van der Waals surface area contributed by atoms with Crippen LogP contribution in [0.5, 0.6) is 0 Å².